The number of hydrogen-bond donors (Lipinski definition) is 0. The zero-order chi connectivity index (χ0) is 25.1. The summed E-state index contributed by atoms with van der Waals surface area (Å²) in [5.41, 5.74) is 8.20. The van der Waals surface area contributed by atoms with Gasteiger partial charge in [0.05, 0.1) is 21.6 Å². The number of anilines is 1. The molecule has 0 bridgehead atoms. The Morgan fingerprint density at radius 2 is 1.28 bits per heavy atom. The fraction of sp³-hybridized carbons (Fsp3) is 0. The average molecular weight is 485 g/mol. The zero-order valence-corrected chi connectivity index (χ0v) is 20.6. The van der Waals surface area contributed by atoms with Crippen molar-refractivity contribution < 1.29 is 0 Å². The molecular weight excluding hydrogens is 460 g/mol. The van der Waals surface area contributed by atoms with E-state index in [-0.39, 0.29) is 0 Å². The van der Waals surface area contributed by atoms with E-state index in [4.69, 9.17) is 9.97 Å². The molecule has 0 unspecified atom stereocenters. The molecule has 0 aliphatic heterocycles. The number of aromatic nitrogens is 3. The van der Waals surface area contributed by atoms with Gasteiger partial charge in [0, 0.05) is 46.2 Å². The summed E-state index contributed by atoms with van der Waals surface area (Å²) in [4.78, 5) is 16.0. The second kappa shape index (κ2) is 9.94. The van der Waals surface area contributed by atoms with E-state index in [9.17, 15) is 0 Å². The van der Waals surface area contributed by atoms with Crippen LogP contribution in [0.4, 0.5) is 5.69 Å². The fourth-order valence-corrected chi connectivity index (χ4v) is 4.83. The summed E-state index contributed by atoms with van der Waals surface area (Å²) in [6.45, 7) is 15.7. The van der Waals surface area contributed by atoms with Crippen LogP contribution in [0.15, 0.2) is 135 Å². The van der Waals surface area contributed by atoms with Crippen molar-refractivity contribution in [3.05, 3.63) is 135 Å². The van der Waals surface area contributed by atoms with E-state index in [1.807, 2.05) is 71.9 Å². The molecule has 5 rings (SSSR count). The molecule has 0 aliphatic rings. The van der Waals surface area contributed by atoms with Crippen LogP contribution in [0.3, 0.4) is 0 Å². The Labute approximate surface area is 215 Å². The standard InChI is InChI=1S/C31H24N4S/c1-5-21(3)35(22(4)6-2)26-15-11-23(12-16-26)27-17-13-24(19-32-27)25-14-18-29(33-20-25)31-34-28-9-7-8-10-30(28)36-31/h5-20H,1-4H2. The first-order valence-electron chi connectivity index (χ1n) is 11.4. The summed E-state index contributed by atoms with van der Waals surface area (Å²) in [6, 6.07) is 24.4. The van der Waals surface area contributed by atoms with Crippen LogP contribution in [0.5, 0.6) is 0 Å². The molecule has 0 fully saturated rings. The lowest BCUT2D eigenvalue weighted by molar-refractivity contribution is 1.16. The molecule has 0 amide bonds. The van der Waals surface area contributed by atoms with Crippen LogP contribution in [0.25, 0.3) is 43.3 Å². The van der Waals surface area contributed by atoms with Crippen molar-refractivity contribution in [1.29, 1.82) is 0 Å². The molecule has 3 heterocycles. The highest BCUT2D eigenvalue weighted by Gasteiger charge is 2.11. The minimum Gasteiger partial charge on any atom is -0.312 e. The van der Waals surface area contributed by atoms with Gasteiger partial charge in [-0.25, -0.2) is 4.98 Å². The van der Waals surface area contributed by atoms with Gasteiger partial charge in [-0.1, -0.05) is 62.7 Å². The number of para-hydroxylation sites is 1. The largest absolute Gasteiger partial charge is 0.312 e. The predicted molar refractivity (Wildman–Crippen MR) is 153 cm³/mol. The Balaban J connectivity index is 1.34. The van der Waals surface area contributed by atoms with E-state index in [0.717, 1.165) is 60.4 Å². The van der Waals surface area contributed by atoms with Crippen molar-refractivity contribution in [2.24, 2.45) is 0 Å². The lowest BCUT2D eigenvalue weighted by Crippen LogP contribution is -2.18. The Morgan fingerprint density at radius 1 is 0.694 bits per heavy atom. The molecule has 0 atom stereocenters. The Morgan fingerprint density at radius 3 is 1.83 bits per heavy atom. The van der Waals surface area contributed by atoms with Gasteiger partial charge in [0.2, 0.25) is 0 Å². The quantitative estimate of drug-likeness (QED) is 0.208. The number of benzene rings is 2. The predicted octanol–water partition coefficient (Wildman–Crippen LogP) is 8.29. The molecule has 4 nitrogen and oxygen atoms in total. The molecule has 0 N–H and O–H groups in total. The van der Waals surface area contributed by atoms with E-state index in [1.54, 1.807) is 23.5 Å². The van der Waals surface area contributed by atoms with Gasteiger partial charge in [-0.05, 0) is 48.6 Å². The Bertz CT molecular complexity index is 1520. The number of allylic oxidation sites excluding steroid dienone is 2. The average Bonchev–Trinajstić information content (AvgIpc) is 3.38. The molecule has 0 aliphatic carbocycles. The minimum absolute atomic E-state index is 0.734. The van der Waals surface area contributed by atoms with Crippen molar-refractivity contribution in [3.8, 4) is 33.1 Å². The molecule has 0 saturated heterocycles. The maximum absolute atomic E-state index is 4.70. The van der Waals surface area contributed by atoms with E-state index in [1.165, 1.54) is 0 Å². The topological polar surface area (TPSA) is 41.9 Å². The fourth-order valence-electron chi connectivity index (χ4n) is 3.89. The van der Waals surface area contributed by atoms with Gasteiger partial charge in [-0.15, -0.1) is 11.3 Å². The summed E-state index contributed by atoms with van der Waals surface area (Å²) in [7, 11) is 0. The van der Waals surface area contributed by atoms with Crippen LogP contribution in [-0.4, -0.2) is 15.0 Å². The molecule has 0 radical (unpaired) electrons. The van der Waals surface area contributed by atoms with Gasteiger partial charge in [-0.2, -0.15) is 0 Å². The summed E-state index contributed by atoms with van der Waals surface area (Å²) < 4.78 is 1.16. The van der Waals surface area contributed by atoms with E-state index in [0.29, 0.717) is 0 Å². The van der Waals surface area contributed by atoms with E-state index < -0.39 is 0 Å². The number of pyridine rings is 2. The van der Waals surface area contributed by atoms with Gasteiger partial charge < -0.3 is 4.90 Å². The first kappa shape index (κ1) is 23.1. The first-order chi connectivity index (χ1) is 17.6. The molecule has 0 saturated carbocycles. The van der Waals surface area contributed by atoms with Gasteiger partial charge in [0.15, 0.2) is 0 Å². The number of thiazole rings is 1. The molecule has 3 aromatic heterocycles. The van der Waals surface area contributed by atoms with Crippen molar-refractivity contribution in [2.75, 3.05) is 4.90 Å². The highest BCUT2D eigenvalue weighted by Crippen LogP contribution is 2.31. The highest BCUT2D eigenvalue weighted by atomic mass is 32.1. The smallest absolute Gasteiger partial charge is 0.143 e. The lowest BCUT2D eigenvalue weighted by Gasteiger charge is -2.25. The Hall–Kier alpha value is -4.61. The Kier molecular flexibility index (Phi) is 6.39. The summed E-state index contributed by atoms with van der Waals surface area (Å²) in [5, 5.41) is 0.923. The van der Waals surface area contributed by atoms with Crippen LogP contribution in [0.1, 0.15) is 0 Å². The second-order valence-corrected chi connectivity index (χ2v) is 9.15. The van der Waals surface area contributed by atoms with Gasteiger partial charge >= 0.3 is 0 Å². The lowest BCUT2D eigenvalue weighted by atomic mass is 10.1. The number of nitrogens with zero attached hydrogens (tertiary/aromatic N) is 4. The minimum atomic E-state index is 0.734. The first-order valence-corrected chi connectivity index (χ1v) is 12.2. The van der Waals surface area contributed by atoms with Crippen LogP contribution in [0.2, 0.25) is 0 Å². The van der Waals surface area contributed by atoms with Crippen LogP contribution < -0.4 is 4.90 Å². The van der Waals surface area contributed by atoms with E-state index in [2.05, 4.69) is 49.5 Å². The third-order valence-electron chi connectivity index (χ3n) is 5.84. The number of hydrogen-bond acceptors (Lipinski definition) is 5. The number of fused-ring (bicyclic) bond motifs is 1. The normalized spacial score (nSPS) is 10.7. The molecule has 5 heteroatoms. The summed E-state index contributed by atoms with van der Waals surface area (Å²) in [5.74, 6) is 0. The monoisotopic (exact) mass is 484 g/mol. The van der Waals surface area contributed by atoms with Crippen LogP contribution in [0, 0.1) is 0 Å². The molecular formula is C31H24N4S. The van der Waals surface area contributed by atoms with Crippen LogP contribution >= 0.6 is 11.3 Å². The van der Waals surface area contributed by atoms with E-state index >= 15 is 0 Å². The van der Waals surface area contributed by atoms with Crippen molar-refractivity contribution in [1.82, 2.24) is 15.0 Å². The number of rotatable bonds is 8. The molecule has 174 valence electrons. The zero-order valence-electron chi connectivity index (χ0n) is 19.8. The highest BCUT2D eigenvalue weighted by molar-refractivity contribution is 7.21. The summed E-state index contributed by atoms with van der Waals surface area (Å²) >= 11 is 1.65. The van der Waals surface area contributed by atoms with Crippen LogP contribution in [-0.2, 0) is 0 Å². The maximum atomic E-state index is 4.70. The molecule has 5 aromatic rings. The maximum Gasteiger partial charge on any atom is 0.143 e. The molecule has 2 aromatic carbocycles. The SMILES string of the molecule is C=CC(=C)N(C(=C)C=C)c1ccc(-c2ccc(-c3ccc(-c4nc5ccccc5s4)nc3)cn2)cc1. The van der Waals surface area contributed by atoms with Gasteiger partial charge in [0.25, 0.3) is 0 Å². The van der Waals surface area contributed by atoms with Gasteiger partial charge in [0.1, 0.15) is 5.01 Å². The molecule has 0 spiro atoms. The van der Waals surface area contributed by atoms with Crippen molar-refractivity contribution in [3.63, 3.8) is 0 Å². The van der Waals surface area contributed by atoms with Crippen molar-refractivity contribution >= 4 is 27.2 Å². The van der Waals surface area contributed by atoms with Crippen molar-refractivity contribution in [2.45, 2.75) is 0 Å². The third kappa shape index (κ3) is 4.52. The second-order valence-electron chi connectivity index (χ2n) is 8.12. The van der Waals surface area contributed by atoms with Gasteiger partial charge in [-0.3, -0.25) is 9.97 Å². The third-order valence-corrected chi connectivity index (χ3v) is 6.90. The molecule has 36 heavy (non-hydrogen) atoms. The summed E-state index contributed by atoms with van der Waals surface area (Å²) in [6.07, 6.45) is 7.15.